The third-order valence-electron chi connectivity index (χ3n) is 4.30. The van der Waals surface area contributed by atoms with Crippen molar-refractivity contribution in [2.45, 2.75) is 39.8 Å². The topological polar surface area (TPSA) is 87.7 Å². The molecule has 6 heteroatoms. The highest BCUT2D eigenvalue weighted by Crippen LogP contribution is 2.62. The predicted molar refractivity (Wildman–Crippen MR) is 66.3 cm³/mol. The molecule has 1 atom stereocenters. The number of amides is 2. The molecule has 0 aliphatic heterocycles. The first kappa shape index (κ1) is 14.8. The van der Waals surface area contributed by atoms with Crippen molar-refractivity contribution in [2.24, 2.45) is 10.8 Å². The fourth-order valence-electron chi connectivity index (χ4n) is 2.20. The summed E-state index contributed by atoms with van der Waals surface area (Å²) in [6.45, 7) is 8.31. The lowest BCUT2D eigenvalue weighted by Gasteiger charge is -2.13. The molecule has 1 aliphatic rings. The Morgan fingerprint density at radius 1 is 1.28 bits per heavy atom. The van der Waals surface area contributed by atoms with E-state index in [1.165, 1.54) is 7.11 Å². The lowest BCUT2D eigenvalue weighted by molar-refractivity contribution is -0.147. The minimum absolute atomic E-state index is 0.0504. The van der Waals surface area contributed by atoms with Crippen LogP contribution in [0.25, 0.3) is 0 Å². The first-order chi connectivity index (χ1) is 8.14. The highest BCUT2D eigenvalue weighted by molar-refractivity contribution is 5.77. The molecule has 2 amide bonds. The van der Waals surface area contributed by atoms with E-state index in [-0.39, 0.29) is 29.4 Å². The largest absolute Gasteiger partial charge is 0.479 e. The maximum absolute atomic E-state index is 11.6. The van der Waals surface area contributed by atoms with E-state index >= 15 is 0 Å². The summed E-state index contributed by atoms with van der Waals surface area (Å²) in [6.07, 6.45) is -1.02. The van der Waals surface area contributed by atoms with Gasteiger partial charge in [-0.2, -0.15) is 0 Å². The van der Waals surface area contributed by atoms with Gasteiger partial charge in [0.25, 0.3) is 0 Å². The van der Waals surface area contributed by atoms with Crippen LogP contribution >= 0.6 is 0 Å². The molecule has 0 heterocycles. The maximum atomic E-state index is 11.6. The fourth-order valence-corrected chi connectivity index (χ4v) is 2.20. The molecule has 3 N–H and O–H groups in total. The van der Waals surface area contributed by atoms with E-state index < -0.39 is 12.1 Å². The van der Waals surface area contributed by atoms with E-state index in [2.05, 4.69) is 38.3 Å². The number of nitrogens with one attached hydrogen (secondary N) is 2. The molecule has 0 aromatic rings. The quantitative estimate of drug-likeness (QED) is 0.681. The highest BCUT2D eigenvalue weighted by Gasteiger charge is 2.65. The van der Waals surface area contributed by atoms with E-state index in [1.54, 1.807) is 0 Å². The van der Waals surface area contributed by atoms with Crippen LogP contribution in [0.5, 0.6) is 0 Å². The summed E-state index contributed by atoms with van der Waals surface area (Å²) in [6, 6.07) is -0.266. The van der Waals surface area contributed by atoms with Crippen molar-refractivity contribution >= 4 is 12.0 Å². The zero-order chi connectivity index (χ0) is 14.1. The van der Waals surface area contributed by atoms with Crippen molar-refractivity contribution in [1.82, 2.24) is 10.6 Å². The van der Waals surface area contributed by atoms with Gasteiger partial charge in [0.2, 0.25) is 0 Å². The maximum Gasteiger partial charge on any atom is 0.334 e. The number of aliphatic carboxylic acids is 1. The van der Waals surface area contributed by atoms with E-state index in [4.69, 9.17) is 9.84 Å². The molecule has 0 radical (unpaired) electrons. The molecule has 1 unspecified atom stereocenters. The number of hydrogen-bond acceptors (Lipinski definition) is 3. The van der Waals surface area contributed by atoms with Crippen molar-refractivity contribution in [3.63, 3.8) is 0 Å². The fraction of sp³-hybridized carbons (Fsp3) is 0.833. The van der Waals surface area contributed by atoms with Gasteiger partial charge in [-0.1, -0.05) is 27.7 Å². The van der Waals surface area contributed by atoms with Gasteiger partial charge in [-0.15, -0.1) is 0 Å². The summed E-state index contributed by atoms with van der Waals surface area (Å²) < 4.78 is 4.72. The molecule has 1 rings (SSSR count). The minimum atomic E-state index is -1.09. The molecule has 0 spiro atoms. The summed E-state index contributed by atoms with van der Waals surface area (Å²) in [5.41, 5.74) is 0.107. The summed E-state index contributed by atoms with van der Waals surface area (Å²) in [5.74, 6) is -1.09. The molecule has 0 saturated heterocycles. The first-order valence-corrected chi connectivity index (χ1v) is 5.94. The Hall–Kier alpha value is -1.30. The lowest BCUT2D eigenvalue weighted by atomic mass is 10.0. The van der Waals surface area contributed by atoms with Crippen molar-refractivity contribution in [1.29, 1.82) is 0 Å². The average Bonchev–Trinajstić information content (AvgIpc) is 2.61. The molecule has 0 bridgehead atoms. The molecule has 0 aromatic heterocycles. The molecule has 1 saturated carbocycles. The van der Waals surface area contributed by atoms with Crippen LogP contribution in [0.1, 0.15) is 27.7 Å². The van der Waals surface area contributed by atoms with E-state index in [0.717, 1.165) is 0 Å². The summed E-state index contributed by atoms with van der Waals surface area (Å²) in [7, 11) is 1.30. The Kier molecular flexibility index (Phi) is 3.90. The van der Waals surface area contributed by atoms with E-state index in [9.17, 15) is 9.59 Å². The Balaban J connectivity index is 2.38. The molecule has 18 heavy (non-hydrogen) atoms. The van der Waals surface area contributed by atoms with Crippen molar-refractivity contribution < 1.29 is 19.4 Å². The zero-order valence-electron chi connectivity index (χ0n) is 11.5. The van der Waals surface area contributed by atoms with Crippen LogP contribution in [0, 0.1) is 10.8 Å². The number of rotatable bonds is 5. The molecule has 104 valence electrons. The van der Waals surface area contributed by atoms with Crippen LogP contribution in [-0.4, -0.2) is 42.9 Å². The van der Waals surface area contributed by atoms with Crippen LogP contribution in [0.2, 0.25) is 0 Å². The Morgan fingerprint density at radius 3 is 2.11 bits per heavy atom. The van der Waals surface area contributed by atoms with E-state index in [1.807, 2.05) is 0 Å². The van der Waals surface area contributed by atoms with Gasteiger partial charge >= 0.3 is 12.0 Å². The van der Waals surface area contributed by atoms with Gasteiger partial charge in [-0.05, 0) is 10.8 Å². The van der Waals surface area contributed by atoms with Crippen LogP contribution in [-0.2, 0) is 9.53 Å². The van der Waals surface area contributed by atoms with Crippen LogP contribution < -0.4 is 10.6 Å². The number of carbonyl (C=O) groups is 2. The van der Waals surface area contributed by atoms with Crippen LogP contribution in [0.15, 0.2) is 0 Å². The van der Waals surface area contributed by atoms with Crippen molar-refractivity contribution in [2.75, 3.05) is 13.7 Å². The van der Waals surface area contributed by atoms with Gasteiger partial charge in [-0.3, -0.25) is 0 Å². The number of methoxy groups -OCH3 is 1. The van der Waals surface area contributed by atoms with Gasteiger partial charge in [0.1, 0.15) is 0 Å². The third kappa shape index (κ3) is 2.58. The van der Waals surface area contributed by atoms with Gasteiger partial charge < -0.3 is 20.5 Å². The van der Waals surface area contributed by atoms with E-state index in [0.29, 0.717) is 0 Å². The number of carboxylic acids is 1. The molecule has 0 aromatic carbocycles. The second-order valence-electron chi connectivity index (χ2n) is 5.79. The van der Waals surface area contributed by atoms with Gasteiger partial charge in [0.15, 0.2) is 6.10 Å². The summed E-state index contributed by atoms with van der Waals surface area (Å²) in [4.78, 5) is 22.3. The SMILES string of the molecule is COC(CNC(=O)NC1C(C)(C)C1(C)C)C(=O)O. The Morgan fingerprint density at radius 2 is 1.78 bits per heavy atom. The first-order valence-electron chi connectivity index (χ1n) is 5.94. The highest BCUT2D eigenvalue weighted by atomic mass is 16.5. The number of hydrogen-bond donors (Lipinski definition) is 3. The molecule has 6 nitrogen and oxygen atoms in total. The lowest BCUT2D eigenvalue weighted by Crippen LogP contribution is -2.44. The second-order valence-corrected chi connectivity index (χ2v) is 5.79. The molecule has 1 aliphatic carbocycles. The van der Waals surface area contributed by atoms with Crippen LogP contribution in [0.4, 0.5) is 4.79 Å². The normalized spacial score (nSPS) is 22.1. The third-order valence-corrected chi connectivity index (χ3v) is 4.30. The Bertz CT molecular complexity index is 338. The standard InChI is InChI=1S/C12H22N2O4/c1-11(2)9(12(11,3)4)14-10(17)13-6-7(18-5)8(15)16/h7,9H,6H2,1-5H3,(H,15,16)(H2,13,14,17). The van der Waals surface area contributed by atoms with Gasteiger partial charge in [-0.25, -0.2) is 9.59 Å². The van der Waals surface area contributed by atoms with Crippen LogP contribution in [0.3, 0.4) is 0 Å². The van der Waals surface area contributed by atoms with Crippen molar-refractivity contribution in [3.05, 3.63) is 0 Å². The summed E-state index contributed by atoms with van der Waals surface area (Å²) in [5, 5.41) is 14.1. The van der Waals surface area contributed by atoms with Crippen molar-refractivity contribution in [3.8, 4) is 0 Å². The second kappa shape index (κ2) is 4.76. The van der Waals surface area contributed by atoms with Gasteiger partial charge in [0.05, 0.1) is 6.54 Å². The Labute approximate surface area is 107 Å². The average molecular weight is 258 g/mol. The molecule has 1 fully saturated rings. The summed E-state index contributed by atoms with van der Waals surface area (Å²) >= 11 is 0. The number of carbonyl (C=O) groups excluding carboxylic acids is 1. The smallest absolute Gasteiger partial charge is 0.334 e. The number of urea groups is 1. The molecular weight excluding hydrogens is 236 g/mol. The predicted octanol–water partition coefficient (Wildman–Crippen LogP) is 0.820. The zero-order valence-corrected chi connectivity index (χ0v) is 11.5. The number of ether oxygens (including phenoxy) is 1. The monoisotopic (exact) mass is 258 g/mol. The van der Waals surface area contributed by atoms with Gasteiger partial charge in [0, 0.05) is 13.2 Å². The minimum Gasteiger partial charge on any atom is -0.479 e. The molecular formula is C12H22N2O4. The number of carboxylic acid groups (broad SMARTS) is 1.